The highest BCUT2D eigenvalue weighted by Crippen LogP contribution is 2.64. The summed E-state index contributed by atoms with van der Waals surface area (Å²) in [5.74, 6) is -1.33. The summed E-state index contributed by atoms with van der Waals surface area (Å²) in [4.78, 5) is 61.9. The lowest BCUT2D eigenvalue weighted by molar-refractivity contribution is -0.131. The lowest BCUT2D eigenvalue weighted by atomic mass is 9.52. The molecule has 0 aromatic heterocycles. The van der Waals surface area contributed by atoms with E-state index in [9.17, 15) is 9.59 Å². The van der Waals surface area contributed by atoms with Gasteiger partial charge in [-0.3, -0.25) is 9.59 Å². The Labute approximate surface area is 281 Å². The molecule has 2 atom stereocenters. The van der Waals surface area contributed by atoms with Gasteiger partial charge in [0.2, 0.25) is 0 Å². The zero-order valence-corrected chi connectivity index (χ0v) is 28.6. The first-order valence-corrected chi connectivity index (χ1v) is 16.0. The molecule has 246 valence electrons. The average molecular weight is 645 g/mol. The summed E-state index contributed by atoms with van der Waals surface area (Å²) in [7, 11) is 0. The molecule has 0 aliphatic carbocycles. The van der Waals surface area contributed by atoms with Gasteiger partial charge in [-0.05, 0) is 89.8 Å². The van der Waals surface area contributed by atoms with E-state index < -0.39 is 46.0 Å². The molecule has 4 aromatic carbocycles. The van der Waals surface area contributed by atoms with E-state index in [1.165, 1.54) is 0 Å². The minimum absolute atomic E-state index is 0.303. The number of rotatable bonds is 3. The second-order valence-corrected chi connectivity index (χ2v) is 14.5. The quantitative estimate of drug-likeness (QED) is 0.224. The number of fused-ring (bicyclic) bond motifs is 2. The lowest BCUT2D eigenvalue weighted by Gasteiger charge is -2.45. The Bertz CT molecular complexity index is 1810. The summed E-state index contributed by atoms with van der Waals surface area (Å²) < 4.78 is 11.7. The summed E-state index contributed by atoms with van der Waals surface area (Å²) in [6.07, 6.45) is -1.73. The van der Waals surface area contributed by atoms with Gasteiger partial charge in [0.25, 0.3) is 11.8 Å². The molecule has 4 aromatic rings. The van der Waals surface area contributed by atoms with Crippen LogP contribution in [0.1, 0.15) is 74.9 Å². The van der Waals surface area contributed by atoms with E-state index >= 15 is 9.59 Å². The molecule has 0 spiro atoms. The highest BCUT2D eigenvalue weighted by molar-refractivity contribution is 6.31. The Morgan fingerprint density at radius 3 is 1.19 bits per heavy atom. The number of hydrogen-bond acceptors (Lipinski definition) is 6. The van der Waals surface area contributed by atoms with E-state index in [1.54, 1.807) is 102 Å². The predicted molar refractivity (Wildman–Crippen MR) is 184 cm³/mol. The van der Waals surface area contributed by atoms with Crippen LogP contribution in [0.3, 0.4) is 0 Å². The van der Waals surface area contributed by atoms with Crippen molar-refractivity contribution in [2.75, 3.05) is 9.80 Å². The molecule has 2 aliphatic heterocycles. The number of carbonyl (C=O) groups is 4. The molecule has 0 bridgehead atoms. The van der Waals surface area contributed by atoms with Crippen molar-refractivity contribution in [2.45, 2.75) is 77.4 Å². The fourth-order valence-electron chi connectivity index (χ4n) is 7.14. The van der Waals surface area contributed by atoms with Crippen molar-refractivity contribution < 1.29 is 28.7 Å². The zero-order valence-electron chi connectivity index (χ0n) is 28.6. The predicted octanol–water partition coefficient (Wildman–Crippen LogP) is 8.14. The first-order valence-electron chi connectivity index (χ1n) is 16.0. The Morgan fingerprint density at radius 2 is 0.875 bits per heavy atom. The molecule has 8 heteroatoms. The van der Waals surface area contributed by atoms with Crippen LogP contribution >= 0.6 is 0 Å². The van der Waals surface area contributed by atoms with Gasteiger partial charge in [0.15, 0.2) is 0 Å². The molecule has 2 aliphatic rings. The molecule has 4 amide bonds. The molecule has 0 saturated heterocycles. The number of benzene rings is 4. The van der Waals surface area contributed by atoms with E-state index in [0.29, 0.717) is 33.6 Å². The number of amides is 4. The Morgan fingerprint density at radius 1 is 0.542 bits per heavy atom. The highest BCUT2D eigenvalue weighted by atomic mass is 16.6. The largest absolute Gasteiger partial charge is 0.443 e. The first kappa shape index (κ1) is 32.7. The summed E-state index contributed by atoms with van der Waals surface area (Å²) in [6.45, 7) is 14.2. The third-order valence-corrected chi connectivity index (χ3v) is 8.77. The van der Waals surface area contributed by atoms with Gasteiger partial charge in [0, 0.05) is 0 Å². The van der Waals surface area contributed by atoms with Crippen molar-refractivity contribution in [1.82, 2.24) is 0 Å². The van der Waals surface area contributed by atoms with Crippen molar-refractivity contribution in [2.24, 2.45) is 0 Å². The van der Waals surface area contributed by atoms with Crippen LogP contribution in [0.5, 0.6) is 0 Å². The van der Waals surface area contributed by atoms with Crippen LogP contribution in [-0.4, -0.2) is 35.2 Å². The maximum Gasteiger partial charge on any atom is 0.421 e. The SMILES string of the molecule is Cc1ccc2c(c1)[C@](c1ccccc1)([C@@]1(c3ccccc3)C(=O)N(C(=O)OC(C)(C)C)c3ccc(C)cc31)C(=O)N2C(=O)OC(C)(C)C. The van der Waals surface area contributed by atoms with Crippen molar-refractivity contribution in [3.63, 3.8) is 0 Å². The van der Waals surface area contributed by atoms with Gasteiger partial charge >= 0.3 is 12.2 Å². The van der Waals surface area contributed by atoms with E-state index in [2.05, 4.69) is 0 Å². The van der Waals surface area contributed by atoms with Crippen LogP contribution < -0.4 is 9.80 Å². The second-order valence-electron chi connectivity index (χ2n) is 14.5. The summed E-state index contributed by atoms with van der Waals surface area (Å²) in [5.41, 5.74) is -1.53. The van der Waals surface area contributed by atoms with Crippen LogP contribution in [-0.2, 0) is 29.9 Å². The molecular formula is C40H40N2O6. The normalized spacial score (nSPS) is 20.4. The van der Waals surface area contributed by atoms with Gasteiger partial charge in [-0.1, -0.05) is 96.1 Å². The maximum atomic E-state index is 15.8. The Kier molecular flexibility index (Phi) is 7.62. The third kappa shape index (κ3) is 4.81. The molecule has 0 radical (unpaired) electrons. The van der Waals surface area contributed by atoms with Crippen molar-refractivity contribution in [3.8, 4) is 0 Å². The van der Waals surface area contributed by atoms with Gasteiger partial charge in [-0.25, -0.2) is 19.4 Å². The van der Waals surface area contributed by atoms with Crippen molar-refractivity contribution in [1.29, 1.82) is 0 Å². The molecule has 2 heterocycles. The Hall–Kier alpha value is -5.24. The number of hydrogen-bond donors (Lipinski definition) is 0. The van der Waals surface area contributed by atoms with Crippen molar-refractivity contribution in [3.05, 3.63) is 130 Å². The minimum atomic E-state index is -1.88. The number of imide groups is 2. The van der Waals surface area contributed by atoms with Gasteiger partial charge in [0.05, 0.1) is 11.4 Å². The number of nitrogens with zero attached hydrogens (tertiary/aromatic N) is 2. The molecule has 6 rings (SSSR count). The average Bonchev–Trinajstić information content (AvgIpc) is 3.41. The summed E-state index contributed by atoms with van der Waals surface area (Å²) in [6, 6.07) is 28.9. The standard InChI is InChI=1S/C40H40N2O6/c1-25-19-21-31-29(23-25)39(27-15-11-9-12-16-27,33(43)41(31)35(45)47-37(3,4)5)40(28-17-13-10-14-18-28)30-24-26(2)20-22-32(30)42(34(40)44)36(46)48-38(6,7)8/h9-24H,1-8H3/t39-,40+. The number of carbonyl (C=O) groups excluding carboxylic acids is 4. The maximum absolute atomic E-state index is 15.8. The van der Waals surface area contributed by atoms with Gasteiger partial charge in [0.1, 0.15) is 22.0 Å². The van der Waals surface area contributed by atoms with Gasteiger partial charge in [-0.15, -0.1) is 0 Å². The van der Waals surface area contributed by atoms with E-state index in [1.807, 2.05) is 50.2 Å². The Balaban J connectivity index is 1.82. The molecule has 8 nitrogen and oxygen atoms in total. The fourth-order valence-corrected chi connectivity index (χ4v) is 7.14. The summed E-state index contributed by atoms with van der Waals surface area (Å²) >= 11 is 0. The molecule has 0 fully saturated rings. The van der Waals surface area contributed by atoms with E-state index in [-0.39, 0.29) is 0 Å². The topological polar surface area (TPSA) is 93.2 Å². The summed E-state index contributed by atoms with van der Waals surface area (Å²) in [5, 5.41) is 0. The number of anilines is 2. The first-order chi connectivity index (χ1) is 22.5. The highest BCUT2D eigenvalue weighted by Gasteiger charge is 2.74. The molecular weight excluding hydrogens is 604 g/mol. The molecule has 0 unspecified atom stereocenters. The molecule has 0 N–H and O–H groups in total. The second kappa shape index (κ2) is 11.2. The monoisotopic (exact) mass is 644 g/mol. The fraction of sp³-hybridized carbons (Fsp3) is 0.300. The van der Waals surface area contributed by atoms with E-state index in [0.717, 1.165) is 20.9 Å². The van der Waals surface area contributed by atoms with Crippen LogP contribution in [0, 0.1) is 13.8 Å². The lowest BCUT2D eigenvalue weighted by Crippen LogP contribution is -2.62. The number of ether oxygens (including phenoxy) is 2. The minimum Gasteiger partial charge on any atom is -0.443 e. The van der Waals surface area contributed by atoms with Crippen LogP contribution in [0.4, 0.5) is 21.0 Å². The zero-order chi connectivity index (χ0) is 34.8. The van der Waals surface area contributed by atoms with Gasteiger partial charge < -0.3 is 9.47 Å². The molecule has 0 saturated carbocycles. The number of aryl methyl sites for hydroxylation is 2. The van der Waals surface area contributed by atoms with Crippen LogP contribution in [0.2, 0.25) is 0 Å². The van der Waals surface area contributed by atoms with E-state index in [4.69, 9.17) is 9.47 Å². The van der Waals surface area contributed by atoms with Crippen LogP contribution in [0.25, 0.3) is 0 Å². The van der Waals surface area contributed by atoms with Crippen molar-refractivity contribution >= 4 is 35.4 Å². The smallest absolute Gasteiger partial charge is 0.421 e. The van der Waals surface area contributed by atoms with Gasteiger partial charge in [-0.2, -0.15) is 0 Å². The van der Waals surface area contributed by atoms with Crippen LogP contribution in [0.15, 0.2) is 97.1 Å². The third-order valence-electron chi connectivity index (χ3n) is 8.77. The molecule has 48 heavy (non-hydrogen) atoms.